The number of methoxy groups -OCH3 is 1. The summed E-state index contributed by atoms with van der Waals surface area (Å²) in [4.78, 5) is 32.9. The highest BCUT2D eigenvalue weighted by Crippen LogP contribution is 2.38. The number of anilines is 1. The molecule has 0 aliphatic carbocycles. The SMILES string of the molecule is COc1ccc2[nH]c3c(c2c1)CCN([C@H]1CC(=O)N(c2ccc4c(c2)OCO4)C1=O)C3. The summed E-state index contributed by atoms with van der Waals surface area (Å²) in [6, 6.07) is 10.7. The molecule has 2 aromatic carbocycles. The van der Waals surface area contributed by atoms with Crippen LogP contribution >= 0.6 is 0 Å². The van der Waals surface area contributed by atoms with E-state index >= 15 is 0 Å². The van der Waals surface area contributed by atoms with E-state index in [4.69, 9.17) is 14.2 Å². The van der Waals surface area contributed by atoms with E-state index < -0.39 is 6.04 Å². The molecule has 1 saturated heterocycles. The molecule has 0 unspecified atom stereocenters. The lowest BCUT2D eigenvalue weighted by Crippen LogP contribution is -2.44. The lowest BCUT2D eigenvalue weighted by Gasteiger charge is -2.30. The maximum atomic E-state index is 13.2. The third kappa shape index (κ3) is 2.79. The number of H-pyrrole nitrogens is 1. The smallest absolute Gasteiger partial charge is 0.251 e. The van der Waals surface area contributed by atoms with E-state index in [1.807, 2.05) is 18.2 Å². The zero-order valence-corrected chi connectivity index (χ0v) is 17.0. The van der Waals surface area contributed by atoms with Gasteiger partial charge >= 0.3 is 0 Å². The highest BCUT2D eigenvalue weighted by atomic mass is 16.7. The Kier molecular flexibility index (Phi) is 3.97. The molecule has 3 aromatic rings. The summed E-state index contributed by atoms with van der Waals surface area (Å²) < 4.78 is 16.1. The molecule has 158 valence electrons. The molecule has 8 nitrogen and oxygen atoms in total. The Labute approximate surface area is 178 Å². The minimum absolute atomic E-state index is 0.149. The van der Waals surface area contributed by atoms with Gasteiger partial charge in [0.1, 0.15) is 5.75 Å². The summed E-state index contributed by atoms with van der Waals surface area (Å²) in [5, 5.41) is 1.16. The Balaban J connectivity index is 1.27. The molecule has 0 radical (unpaired) electrons. The number of benzene rings is 2. The number of hydrogen-bond acceptors (Lipinski definition) is 6. The largest absolute Gasteiger partial charge is 0.497 e. The third-order valence-electron chi connectivity index (χ3n) is 6.39. The normalized spacial score (nSPS) is 20.5. The number of imide groups is 1. The molecule has 3 aliphatic rings. The number of amides is 2. The van der Waals surface area contributed by atoms with Crippen molar-refractivity contribution in [2.75, 3.05) is 25.3 Å². The maximum Gasteiger partial charge on any atom is 0.251 e. The first kappa shape index (κ1) is 18.3. The molecule has 1 atom stereocenters. The van der Waals surface area contributed by atoms with Crippen molar-refractivity contribution in [1.29, 1.82) is 0 Å². The summed E-state index contributed by atoms with van der Waals surface area (Å²) in [6.07, 6.45) is 0.987. The number of rotatable bonds is 3. The number of hydrogen-bond donors (Lipinski definition) is 1. The van der Waals surface area contributed by atoms with Crippen molar-refractivity contribution in [1.82, 2.24) is 9.88 Å². The van der Waals surface area contributed by atoms with Crippen molar-refractivity contribution in [3.05, 3.63) is 47.7 Å². The molecule has 2 amide bonds. The Morgan fingerprint density at radius 1 is 1.10 bits per heavy atom. The minimum Gasteiger partial charge on any atom is -0.497 e. The van der Waals surface area contributed by atoms with Crippen LogP contribution in [0.4, 0.5) is 5.69 Å². The van der Waals surface area contributed by atoms with Gasteiger partial charge in [-0.1, -0.05) is 0 Å². The number of nitrogens with one attached hydrogen (secondary N) is 1. The van der Waals surface area contributed by atoms with E-state index in [2.05, 4.69) is 9.88 Å². The number of ether oxygens (including phenoxy) is 3. The first-order chi connectivity index (χ1) is 15.1. The van der Waals surface area contributed by atoms with Gasteiger partial charge in [0.05, 0.1) is 25.3 Å². The van der Waals surface area contributed by atoms with E-state index in [1.54, 1.807) is 25.3 Å². The highest BCUT2D eigenvalue weighted by molar-refractivity contribution is 6.22. The topological polar surface area (TPSA) is 84.1 Å². The summed E-state index contributed by atoms with van der Waals surface area (Å²) in [7, 11) is 1.66. The van der Waals surface area contributed by atoms with Crippen molar-refractivity contribution in [3.63, 3.8) is 0 Å². The number of carbonyl (C=O) groups is 2. The van der Waals surface area contributed by atoms with Gasteiger partial charge < -0.3 is 19.2 Å². The van der Waals surface area contributed by atoms with E-state index in [0.29, 0.717) is 23.7 Å². The van der Waals surface area contributed by atoms with Crippen LogP contribution in [0.1, 0.15) is 17.7 Å². The Morgan fingerprint density at radius 2 is 1.97 bits per heavy atom. The van der Waals surface area contributed by atoms with Crippen LogP contribution in [-0.2, 0) is 22.6 Å². The number of aromatic nitrogens is 1. The molecule has 8 heteroatoms. The van der Waals surface area contributed by atoms with E-state index in [9.17, 15) is 9.59 Å². The molecule has 0 spiro atoms. The predicted octanol–water partition coefficient (Wildman–Crippen LogP) is 2.60. The molecular weight excluding hydrogens is 398 g/mol. The molecule has 3 aliphatic heterocycles. The second-order valence-electron chi connectivity index (χ2n) is 8.04. The van der Waals surface area contributed by atoms with Crippen molar-refractivity contribution >= 4 is 28.4 Å². The van der Waals surface area contributed by atoms with Gasteiger partial charge in [0, 0.05) is 35.8 Å². The lowest BCUT2D eigenvalue weighted by molar-refractivity contribution is -0.123. The van der Waals surface area contributed by atoms with E-state index in [1.165, 1.54) is 10.5 Å². The average molecular weight is 419 g/mol. The molecule has 1 fully saturated rings. The van der Waals surface area contributed by atoms with Gasteiger partial charge in [0.25, 0.3) is 5.91 Å². The number of fused-ring (bicyclic) bond motifs is 4. The Hall–Kier alpha value is -3.52. The molecule has 0 saturated carbocycles. The van der Waals surface area contributed by atoms with Crippen LogP contribution in [0.2, 0.25) is 0 Å². The summed E-state index contributed by atoms with van der Waals surface area (Å²) >= 11 is 0. The predicted molar refractivity (Wildman–Crippen MR) is 112 cm³/mol. The van der Waals surface area contributed by atoms with Gasteiger partial charge in [0.2, 0.25) is 12.7 Å². The van der Waals surface area contributed by atoms with Gasteiger partial charge in [-0.05, 0) is 42.3 Å². The van der Waals surface area contributed by atoms with Crippen LogP contribution in [0.5, 0.6) is 17.2 Å². The fourth-order valence-electron chi connectivity index (χ4n) is 4.83. The fourth-order valence-corrected chi connectivity index (χ4v) is 4.83. The zero-order chi connectivity index (χ0) is 21.1. The Bertz CT molecular complexity index is 1230. The first-order valence-corrected chi connectivity index (χ1v) is 10.3. The van der Waals surface area contributed by atoms with Crippen molar-refractivity contribution in [2.45, 2.75) is 25.4 Å². The number of carbonyl (C=O) groups excluding carboxylic acids is 2. The average Bonchev–Trinajstić information content (AvgIpc) is 3.47. The van der Waals surface area contributed by atoms with E-state index in [0.717, 1.165) is 35.3 Å². The quantitative estimate of drug-likeness (QED) is 0.657. The number of aromatic amines is 1. The Morgan fingerprint density at radius 3 is 2.84 bits per heavy atom. The minimum atomic E-state index is -0.466. The van der Waals surface area contributed by atoms with Crippen LogP contribution in [-0.4, -0.2) is 48.2 Å². The molecular formula is C23H21N3O5. The lowest BCUT2D eigenvalue weighted by atomic mass is 10.0. The number of nitrogens with zero attached hydrogens (tertiary/aromatic N) is 2. The van der Waals surface area contributed by atoms with Gasteiger partial charge in [-0.25, -0.2) is 4.90 Å². The van der Waals surface area contributed by atoms with Gasteiger partial charge in [-0.2, -0.15) is 0 Å². The summed E-state index contributed by atoms with van der Waals surface area (Å²) in [6.45, 7) is 1.47. The van der Waals surface area contributed by atoms with Crippen molar-refractivity contribution in [3.8, 4) is 17.2 Å². The third-order valence-corrected chi connectivity index (χ3v) is 6.39. The first-order valence-electron chi connectivity index (χ1n) is 10.3. The molecule has 1 aromatic heterocycles. The van der Waals surface area contributed by atoms with Crippen molar-refractivity contribution in [2.24, 2.45) is 0 Å². The van der Waals surface area contributed by atoms with Gasteiger partial charge in [0.15, 0.2) is 11.5 Å². The van der Waals surface area contributed by atoms with Crippen LogP contribution in [0.25, 0.3) is 10.9 Å². The molecule has 4 heterocycles. The maximum absolute atomic E-state index is 13.2. The van der Waals surface area contributed by atoms with Crippen molar-refractivity contribution < 1.29 is 23.8 Å². The molecule has 31 heavy (non-hydrogen) atoms. The van der Waals surface area contributed by atoms with Gasteiger partial charge in [-0.3, -0.25) is 14.5 Å². The van der Waals surface area contributed by atoms with E-state index in [-0.39, 0.29) is 25.0 Å². The second kappa shape index (κ2) is 6.75. The second-order valence-corrected chi connectivity index (χ2v) is 8.04. The van der Waals surface area contributed by atoms with Crippen LogP contribution in [0.15, 0.2) is 36.4 Å². The van der Waals surface area contributed by atoms with Crippen LogP contribution in [0, 0.1) is 0 Å². The molecule has 1 N–H and O–H groups in total. The summed E-state index contributed by atoms with van der Waals surface area (Å²) in [5.74, 6) is 1.62. The van der Waals surface area contributed by atoms with Crippen LogP contribution in [0.3, 0.4) is 0 Å². The monoisotopic (exact) mass is 419 g/mol. The molecule has 6 rings (SSSR count). The van der Waals surface area contributed by atoms with Gasteiger partial charge in [-0.15, -0.1) is 0 Å². The zero-order valence-electron chi connectivity index (χ0n) is 17.0. The summed E-state index contributed by atoms with van der Waals surface area (Å²) in [5.41, 5.74) is 3.94. The fraction of sp³-hybridized carbons (Fsp3) is 0.304. The molecule has 0 bridgehead atoms. The highest BCUT2D eigenvalue weighted by Gasteiger charge is 2.44. The standard InChI is InChI=1S/C23H21N3O5/c1-29-14-3-4-17-16(9-14)15-6-7-25(11-18(15)24-17)19-10-22(27)26(23(19)28)13-2-5-20-21(8-13)31-12-30-20/h2-5,8-9,19,24H,6-7,10-12H2,1H3/t19-/m0/s1. The van der Waals surface area contributed by atoms with Crippen LogP contribution < -0.4 is 19.1 Å².